The summed E-state index contributed by atoms with van der Waals surface area (Å²) in [6.45, 7) is 0. The van der Waals surface area contributed by atoms with Crippen LogP contribution in [0.5, 0.6) is 0 Å². The topological polar surface area (TPSA) is 91.7 Å². The zero-order chi connectivity index (χ0) is 15.9. The number of nitrogens with zero attached hydrogens (tertiary/aromatic N) is 2. The third kappa shape index (κ3) is 4.39. The molecule has 116 valence electrons. The number of benzene rings is 2. The molecule has 7 heteroatoms. The summed E-state index contributed by atoms with van der Waals surface area (Å²) in [6, 6.07) is 15.8. The van der Waals surface area contributed by atoms with Gasteiger partial charge in [0.05, 0.1) is 0 Å². The average molecular weight is 316 g/mol. The number of rotatable bonds is 6. The molecular formula is C15H20N6S. The fourth-order valence-corrected chi connectivity index (χ4v) is 2.47. The minimum Gasteiger partial charge on any atom is -0.382 e. The first-order valence-corrected chi connectivity index (χ1v) is 7.54. The van der Waals surface area contributed by atoms with Gasteiger partial charge in [-0.3, -0.25) is 4.72 Å². The fourth-order valence-electron chi connectivity index (χ4n) is 1.93. The summed E-state index contributed by atoms with van der Waals surface area (Å²) in [6.07, 6.45) is 0. The maximum absolute atomic E-state index is 6.07. The van der Waals surface area contributed by atoms with Crippen molar-refractivity contribution in [1.82, 2.24) is 9.84 Å². The fraction of sp³-hybridized carbons (Fsp3) is 0.133. The van der Waals surface area contributed by atoms with Crippen LogP contribution in [0.4, 0.5) is 11.4 Å². The van der Waals surface area contributed by atoms with E-state index in [1.54, 1.807) is 7.05 Å². The molecule has 0 aliphatic rings. The molecule has 0 aliphatic heterocycles. The second-order valence-corrected chi connectivity index (χ2v) is 5.65. The van der Waals surface area contributed by atoms with E-state index in [2.05, 4.69) is 15.1 Å². The van der Waals surface area contributed by atoms with Crippen LogP contribution in [0.3, 0.4) is 0 Å². The van der Waals surface area contributed by atoms with Crippen LogP contribution in [0.25, 0.3) is 0 Å². The van der Waals surface area contributed by atoms with Gasteiger partial charge in [-0.25, -0.2) is 11.0 Å². The summed E-state index contributed by atoms with van der Waals surface area (Å²) >= 11 is 1.51. The van der Waals surface area contributed by atoms with Crippen molar-refractivity contribution in [3.8, 4) is 0 Å². The summed E-state index contributed by atoms with van der Waals surface area (Å²) in [5.41, 5.74) is 8.72. The summed E-state index contributed by atoms with van der Waals surface area (Å²) in [4.78, 5) is 1.04. The molecule has 0 aliphatic carbocycles. The molecule has 0 saturated carbocycles. The second kappa shape index (κ2) is 7.69. The lowest BCUT2D eigenvalue weighted by atomic mass is 10.1. The van der Waals surface area contributed by atoms with Crippen molar-refractivity contribution in [3.63, 3.8) is 0 Å². The van der Waals surface area contributed by atoms with Gasteiger partial charge in [0.15, 0.2) is 5.84 Å². The standard InChI is InChI=1S/C15H20N6S/c1-18-22-12-8-9-14(19-11-6-4-3-5-7-11)13(10-12)15(16)20-21(2)17/h3-10,18-19H,17H2,1-2H3,(H2,16,20). The van der Waals surface area contributed by atoms with Gasteiger partial charge in [0.25, 0.3) is 0 Å². The molecule has 0 unspecified atom stereocenters. The van der Waals surface area contributed by atoms with Crippen LogP contribution < -0.4 is 21.6 Å². The zero-order valence-electron chi connectivity index (χ0n) is 12.6. The van der Waals surface area contributed by atoms with E-state index in [0.717, 1.165) is 21.8 Å². The molecule has 2 aromatic rings. The first-order valence-electron chi connectivity index (χ1n) is 6.72. The summed E-state index contributed by atoms with van der Waals surface area (Å²) in [5.74, 6) is 5.91. The molecule has 0 atom stereocenters. The highest BCUT2D eigenvalue weighted by Crippen LogP contribution is 2.25. The average Bonchev–Trinajstić information content (AvgIpc) is 2.49. The minimum atomic E-state index is 0.349. The van der Waals surface area contributed by atoms with E-state index < -0.39 is 0 Å². The van der Waals surface area contributed by atoms with Crippen molar-refractivity contribution in [2.75, 3.05) is 19.4 Å². The number of nitrogens with one attached hydrogen (secondary N) is 2. The van der Waals surface area contributed by atoms with Crippen LogP contribution in [0, 0.1) is 0 Å². The predicted octanol–water partition coefficient (Wildman–Crippen LogP) is 2.08. The molecule has 22 heavy (non-hydrogen) atoms. The second-order valence-electron chi connectivity index (χ2n) is 4.56. The van der Waals surface area contributed by atoms with Gasteiger partial charge in [0, 0.05) is 28.9 Å². The molecule has 0 heterocycles. The Morgan fingerprint density at radius 1 is 1.18 bits per heavy atom. The molecule has 0 aromatic heterocycles. The van der Waals surface area contributed by atoms with Gasteiger partial charge in [-0.1, -0.05) is 18.2 Å². The number of hydrogen-bond acceptors (Lipinski definition) is 6. The first kappa shape index (κ1) is 16.2. The summed E-state index contributed by atoms with van der Waals surface area (Å²) in [5, 5.41) is 8.63. The molecule has 2 rings (SSSR count). The quantitative estimate of drug-likeness (QED) is 0.214. The van der Waals surface area contributed by atoms with Crippen LogP contribution in [0.15, 0.2) is 58.5 Å². The van der Waals surface area contributed by atoms with Crippen LogP contribution in [-0.2, 0) is 0 Å². The lowest BCUT2D eigenvalue weighted by Crippen LogP contribution is -2.26. The van der Waals surface area contributed by atoms with Crippen molar-refractivity contribution < 1.29 is 0 Å². The number of hydrazone groups is 1. The number of hydrazine groups is 1. The van der Waals surface area contributed by atoms with Crippen LogP contribution >= 0.6 is 11.9 Å². The molecule has 0 saturated heterocycles. The van der Waals surface area contributed by atoms with Crippen molar-refractivity contribution >= 4 is 29.2 Å². The number of para-hydroxylation sites is 1. The van der Waals surface area contributed by atoms with E-state index in [-0.39, 0.29) is 0 Å². The Hall–Kier alpha value is -2.22. The smallest absolute Gasteiger partial charge is 0.154 e. The normalized spacial score (nSPS) is 11.3. The van der Waals surface area contributed by atoms with Crippen LogP contribution in [0.1, 0.15) is 5.56 Å². The van der Waals surface area contributed by atoms with Crippen molar-refractivity contribution in [2.45, 2.75) is 4.90 Å². The Labute approximate surface area is 134 Å². The molecule has 2 aromatic carbocycles. The van der Waals surface area contributed by atoms with Gasteiger partial charge >= 0.3 is 0 Å². The van der Waals surface area contributed by atoms with Crippen molar-refractivity contribution in [2.24, 2.45) is 16.7 Å². The number of anilines is 2. The first-order chi connectivity index (χ1) is 10.6. The SMILES string of the molecule is CNSc1ccc(Nc2ccccc2)c(/C(N)=N/N(C)N)c1. The van der Waals surface area contributed by atoms with Crippen LogP contribution in [0.2, 0.25) is 0 Å². The molecular weight excluding hydrogens is 296 g/mol. The van der Waals surface area contributed by atoms with Gasteiger partial charge < -0.3 is 11.1 Å². The van der Waals surface area contributed by atoms with Gasteiger partial charge in [-0.05, 0) is 49.3 Å². The predicted molar refractivity (Wildman–Crippen MR) is 93.8 cm³/mol. The van der Waals surface area contributed by atoms with Gasteiger partial charge in [0.1, 0.15) is 0 Å². The van der Waals surface area contributed by atoms with E-state index in [4.69, 9.17) is 11.6 Å². The lowest BCUT2D eigenvalue weighted by molar-refractivity contribution is 0.371. The van der Waals surface area contributed by atoms with Gasteiger partial charge in [0.2, 0.25) is 0 Å². The minimum absolute atomic E-state index is 0.349. The molecule has 6 nitrogen and oxygen atoms in total. The highest BCUT2D eigenvalue weighted by molar-refractivity contribution is 7.97. The molecule has 0 fully saturated rings. The van der Waals surface area contributed by atoms with E-state index in [0.29, 0.717) is 5.84 Å². The van der Waals surface area contributed by atoms with E-state index in [9.17, 15) is 0 Å². The van der Waals surface area contributed by atoms with E-state index in [1.807, 2.05) is 55.6 Å². The molecule has 0 bridgehead atoms. The van der Waals surface area contributed by atoms with E-state index in [1.165, 1.54) is 17.1 Å². The van der Waals surface area contributed by atoms with Gasteiger partial charge in [-0.2, -0.15) is 0 Å². The number of hydrogen-bond donors (Lipinski definition) is 4. The number of amidine groups is 1. The molecule has 0 spiro atoms. The zero-order valence-corrected chi connectivity index (χ0v) is 13.4. The van der Waals surface area contributed by atoms with Crippen molar-refractivity contribution in [1.29, 1.82) is 0 Å². The third-order valence-electron chi connectivity index (χ3n) is 2.81. The molecule has 0 amide bonds. The van der Waals surface area contributed by atoms with Crippen molar-refractivity contribution in [3.05, 3.63) is 54.1 Å². The molecule has 0 radical (unpaired) electrons. The summed E-state index contributed by atoms with van der Waals surface area (Å²) < 4.78 is 3.04. The molecule has 6 N–H and O–H groups in total. The maximum Gasteiger partial charge on any atom is 0.154 e. The Bertz CT molecular complexity index is 642. The monoisotopic (exact) mass is 316 g/mol. The Morgan fingerprint density at radius 3 is 2.55 bits per heavy atom. The largest absolute Gasteiger partial charge is 0.382 e. The highest BCUT2D eigenvalue weighted by atomic mass is 32.2. The maximum atomic E-state index is 6.07. The number of nitrogens with two attached hydrogens (primary N) is 2. The Balaban J connectivity index is 2.39. The third-order valence-corrected chi connectivity index (χ3v) is 3.50. The Kier molecular flexibility index (Phi) is 5.65. The highest BCUT2D eigenvalue weighted by Gasteiger charge is 2.09. The van der Waals surface area contributed by atoms with E-state index >= 15 is 0 Å². The lowest BCUT2D eigenvalue weighted by Gasteiger charge is -2.14. The van der Waals surface area contributed by atoms with Gasteiger partial charge in [-0.15, -0.1) is 5.10 Å². The van der Waals surface area contributed by atoms with Crippen LogP contribution in [-0.4, -0.2) is 25.0 Å². The summed E-state index contributed by atoms with van der Waals surface area (Å²) in [7, 11) is 3.49. The Morgan fingerprint density at radius 2 is 1.91 bits per heavy atom.